The van der Waals surface area contributed by atoms with Crippen molar-refractivity contribution in [3.8, 4) is 0 Å². The van der Waals surface area contributed by atoms with Gasteiger partial charge in [-0.15, -0.1) is 0 Å². The Morgan fingerprint density at radius 1 is 1.35 bits per heavy atom. The van der Waals surface area contributed by atoms with E-state index in [1.165, 1.54) is 0 Å². The third-order valence-electron chi connectivity index (χ3n) is 4.49. The number of amides is 1. The molecule has 1 aliphatic heterocycles. The van der Waals surface area contributed by atoms with E-state index in [1.807, 2.05) is 25.7 Å². The molecule has 1 fully saturated rings. The van der Waals surface area contributed by atoms with Crippen LogP contribution < -0.4 is 0 Å². The Hall–Kier alpha value is -1.36. The van der Waals surface area contributed by atoms with Gasteiger partial charge in [-0.2, -0.15) is 5.10 Å². The molecule has 0 spiro atoms. The number of nitrogens with one attached hydrogen (secondary N) is 1. The molecule has 0 saturated carbocycles. The van der Waals surface area contributed by atoms with Gasteiger partial charge in [0.1, 0.15) is 0 Å². The van der Waals surface area contributed by atoms with Gasteiger partial charge in [-0.3, -0.25) is 9.89 Å². The Morgan fingerprint density at radius 2 is 1.95 bits per heavy atom. The second-order valence-corrected chi connectivity index (χ2v) is 6.09. The molecule has 1 amide bonds. The maximum Gasteiger partial charge on any atom is 0.229 e. The largest absolute Gasteiger partial charge is 0.342 e. The lowest BCUT2D eigenvalue weighted by Gasteiger charge is -2.36. The van der Waals surface area contributed by atoms with E-state index in [9.17, 15) is 4.79 Å². The molecule has 20 heavy (non-hydrogen) atoms. The van der Waals surface area contributed by atoms with E-state index in [4.69, 9.17) is 0 Å². The Balaban J connectivity index is 2.02. The van der Waals surface area contributed by atoms with E-state index < -0.39 is 0 Å². The topological polar surface area (TPSA) is 52.2 Å². The molecule has 1 atom stereocenters. The van der Waals surface area contributed by atoms with Crippen molar-refractivity contribution >= 4 is 5.91 Å². The molecule has 5 nitrogen and oxygen atoms in total. The van der Waals surface area contributed by atoms with Crippen LogP contribution in [0.25, 0.3) is 0 Å². The number of aromatic amines is 1. The van der Waals surface area contributed by atoms with Crippen LogP contribution in [0.4, 0.5) is 0 Å². The first-order valence-corrected chi connectivity index (χ1v) is 7.38. The van der Waals surface area contributed by atoms with Crippen LogP contribution in [0, 0.1) is 13.8 Å². The van der Waals surface area contributed by atoms with Crippen LogP contribution >= 0.6 is 0 Å². The smallest absolute Gasteiger partial charge is 0.229 e. The van der Waals surface area contributed by atoms with Crippen LogP contribution in [0.5, 0.6) is 0 Å². The Kier molecular flexibility index (Phi) is 4.48. The fourth-order valence-corrected chi connectivity index (χ4v) is 3.20. The zero-order valence-electron chi connectivity index (χ0n) is 13.2. The molecular formula is C15H26N4O. The molecule has 1 aromatic rings. The summed E-state index contributed by atoms with van der Waals surface area (Å²) in [5.41, 5.74) is 3.00. The van der Waals surface area contributed by atoms with Gasteiger partial charge < -0.3 is 9.80 Å². The molecule has 0 aliphatic carbocycles. The average molecular weight is 278 g/mol. The maximum absolute atomic E-state index is 12.6. The molecule has 1 unspecified atom stereocenters. The molecule has 5 heteroatoms. The van der Waals surface area contributed by atoms with Crippen LogP contribution in [-0.2, 0) is 4.79 Å². The number of nitrogens with zero attached hydrogens (tertiary/aromatic N) is 3. The molecule has 1 N–H and O–H groups in total. The highest BCUT2D eigenvalue weighted by Crippen LogP contribution is 2.25. The zero-order valence-corrected chi connectivity index (χ0v) is 13.2. The number of carbonyl (C=O) groups is 1. The van der Waals surface area contributed by atoms with E-state index in [0.717, 1.165) is 42.9 Å². The summed E-state index contributed by atoms with van der Waals surface area (Å²) in [6, 6.07) is 0.603. The van der Waals surface area contributed by atoms with Crippen molar-refractivity contribution < 1.29 is 4.79 Å². The summed E-state index contributed by atoms with van der Waals surface area (Å²) in [4.78, 5) is 16.9. The molecule has 0 aromatic carbocycles. The first kappa shape index (κ1) is 15.0. The van der Waals surface area contributed by atoms with E-state index in [0.29, 0.717) is 6.04 Å². The van der Waals surface area contributed by atoms with Crippen LogP contribution in [0.2, 0.25) is 0 Å². The van der Waals surface area contributed by atoms with Crippen molar-refractivity contribution in [3.05, 3.63) is 17.0 Å². The quantitative estimate of drug-likeness (QED) is 0.915. The van der Waals surface area contributed by atoms with Gasteiger partial charge in [0.15, 0.2) is 0 Å². The minimum Gasteiger partial charge on any atom is -0.342 e. The minimum atomic E-state index is -0.107. The summed E-state index contributed by atoms with van der Waals surface area (Å²) in [6.07, 6.45) is 2.13. The van der Waals surface area contributed by atoms with Crippen molar-refractivity contribution in [2.24, 2.45) is 0 Å². The predicted octanol–water partition coefficient (Wildman–Crippen LogP) is 1.68. The lowest BCUT2D eigenvalue weighted by Crippen LogP contribution is -2.45. The Bertz CT molecular complexity index is 453. The summed E-state index contributed by atoms with van der Waals surface area (Å²) < 4.78 is 0. The number of piperidine rings is 1. The number of aromatic nitrogens is 2. The van der Waals surface area contributed by atoms with Gasteiger partial charge in [-0.25, -0.2) is 0 Å². The van der Waals surface area contributed by atoms with Gasteiger partial charge in [0.2, 0.25) is 5.91 Å². The van der Waals surface area contributed by atoms with E-state index in [-0.39, 0.29) is 11.8 Å². The van der Waals surface area contributed by atoms with Crippen molar-refractivity contribution in [1.29, 1.82) is 0 Å². The van der Waals surface area contributed by atoms with Crippen LogP contribution in [0.15, 0.2) is 0 Å². The maximum atomic E-state index is 12.6. The molecule has 0 bridgehead atoms. The molecule has 2 heterocycles. The number of likely N-dealkylation sites (tertiary alicyclic amines) is 1. The summed E-state index contributed by atoms with van der Waals surface area (Å²) >= 11 is 0. The number of carbonyl (C=O) groups excluding carboxylic acids is 1. The Labute approximate surface area is 121 Å². The normalized spacial score (nSPS) is 18.6. The van der Waals surface area contributed by atoms with Crippen molar-refractivity contribution in [1.82, 2.24) is 20.0 Å². The summed E-state index contributed by atoms with van der Waals surface area (Å²) in [5, 5.41) is 7.17. The standard InChI is InChI=1S/C15H26N4O/c1-10(14-11(2)16-17-12(14)3)15(20)19-8-6-13(7-9-19)18(4)5/h10,13H,6-9H2,1-5H3,(H,16,17). The number of aryl methyl sites for hydroxylation is 2. The zero-order chi connectivity index (χ0) is 14.9. The second kappa shape index (κ2) is 5.95. The number of rotatable bonds is 3. The van der Waals surface area contributed by atoms with Gasteiger partial charge in [0, 0.05) is 30.4 Å². The van der Waals surface area contributed by atoms with Crippen LogP contribution in [-0.4, -0.2) is 59.1 Å². The summed E-state index contributed by atoms with van der Waals surface area (Å²) in [5.74, 6) is 0.125. The van der Waals surface area contributed by atoms with Gasteiger partial charge in [0.05, 0.1) is 11.6 Å². The first-order valence-electron chi connectivity index (χ1n) is 7.38. The first-order chi connectivity index (χ1) is 9.41. The average Bonchev–Trinajstić information content (AvgIpc) is 2.76. The number of H-pyrrole nitrogens is 1. The molecular weight excluding hydrogens is 252 g/mol. The fourth-order valence-electron chi connectivity index (χ4n) is 3.20. The lowest BCUT2D eigenvalue weighted by atomic mass is 9.96. The minimum absolute atomic E-state index is 0.107. The molecule has 112 valence electrons. The van der Waals surface area contributed by atoms with Crippen molar-refractivity contribution in [2.75, 3.05) is 27.2 Å². The molecule has 0 radical (unpaired) electrons. The SMILES string of the molecule is Cc1n[nH]c(C)c1C(C)C(=O)N1CCC(N(C)C)CC1. The highest BCUT2D eigenvalue weighted by Gasteiger charge is 2.29. The molecule has 1 aromatic heterocycles. The third kappa shape index (κ3) is 2.87. The molecule has 2 rings (SSSR count). The monoisotopic (exact) mass is 278 g/mol. The highest BCUT2D eigenvalue weighted by molar-refractivity contribution is 5.84. The number of hydrogen-bond donors (Lipinski definition) is 1. The summed E-state index contributed by atoms with van der Waals surface area (Å²) in [7, 11) is 4.23. The predicted molar refractivity (Wildman–Crippen MR) is 79.8 cm³/mol. The van der Waals surface area contributed by atoms with Crippen molar-refractivity contribution in [3.63, 3.8) is 0 Å². The van der Waals surface area contributed by atoms with Gasteiger partial charge in [-0.05, 0) is 47.7 Å². The van der Waals surface area contributed by atoms with E-state index >= 15 is 0 Å². The number of hydrogen-bond acceptors (Lipinski definition) is 3. The molecule has 1 aliphatic rings. The summed E-state index contributed by atoms with van der Waals surface area (Å²) in [6.45, 7) is 7.66. The van der Waals surface area contributed by atoms with Gasteiger partial charge in [-0.1, -0.05) is 0 Å². The third-order valence-corrected chi connectivity index (χ3v) is 4.49. The van der Waals surface area contributed by atoms with Crippen molar-refractivity contribution in [2.45, 2.75) is 45.6 Å². The fraction of sp³-hybridized carbons (Fsp3) is 0.733. The lowest BCUT2D eigenvalue weighted by molar-refractivity contribution is -0.133. The van der Waals surface area contributed by atoms with Gasteiger partial charge in [0.25, 0.3) is 0 Å². The van der Waals surface area contributed by atoms with Crippen LogP contribution in [0.1, 0.15) is 42.6 Å². The highest BCUT2D eigenvalue weighted by atomic mass is 16.2. The second-order valence-electron chi connectivity index (χ2n) is 6.09. The van der Waals surface area contributed by atoms with Crippen LogP contribution in [0.3, 0.4) is 0 Å². The van der Waals surface area contributed by atoms with E-state index in [2.05, 4.69) is 29.2 Å². The van der Waals surface area contributed by atoms with Gasteiger partial charge >= 0.3 is 0 Å². The molecule has 1 saturated heterocycles. The van der Waals surface area contributed by atoms with E-state index in [1.54, 1.807) is 0 Å². The Morgan fingerprint density at radius 3 is 2.40 bits per heavy atom.